The molecule has 0 radical (unpaired) electrons. The number of hydrogen-bond donors (Lipinski definition) is 3. The van der Waals surface area contributed by atoms with Gasteiger partial charge in [0.15, 0.2) is 5.82 Å². The minimum atomic E-state index is -0.177. The van der Waals surface area contributed by atoms with Crippen LogP contribution in [0.15, 0.2) is 22.2 Å². The van der Waals surface area contributed by atoms with Crippen molar-refractivity contribution in [1.29, 1.82) is 0 Å². The first-order valence-electron chi connectivity index (χ1n) is 10.5. The fourth-order valence-electron chi connectivity index (χ4n) is 4.40. The second-order valence-corrected chi connectivity index (χ2v) is 9.67. The van der Waals surface area contributed by atoms with Gasteiger partial charge in [-0.2, -0.15) is 0 Å². The zero-order valence-electron chi connectivity index (χ0n) is 18.1. The van der Waals surface area contributed by atoms with Gasteiger partial charge in [-0.25, -0.2) is 15.0 Å². The summed E-state index contributed by atoms with van der Waals surface area (Å²) >= 11 is 7.87. The number of aryl methyl sites for hydroxylation is 1. The van der Waals surface area contributed by atoms with E-state index in [-0.39, 0.29) is 24.2 Å². The molecule has 0 unspecified atom stereocenters. The maximum absolute atomic E-state index is 10.0. The van der Waals surface area contributed by atoms with Gasteiger partial charge >= 0.3 is 0 Å². The number of halogens is 1. The van der Waals surface area contributed by atoms with Crippen LogP contribution in [0.4, 0.5) is 11.6 Å². The van der Waals surface area contributed by atoms with E-state index >= 15 is 0 Å². The number of aliphatic hydroxyl groups is 1. The molecule has 2 fully saturated rings. The van der Waals surface area contributed by atoms with Gasteiger partial charge in [0.1, 0.15) is 16.5 Å². The molecule has 31 heavy (non-hydrogen) atoms. The first-order chi connectivity index (χ1) is 14.9. The molecule has 0 bridgehead atoms. The van der Waals surface area contributed by atoms with E-state index in [2.05, 4.69) is 22.1 Å². The van der Waals surface area contributed by atoms with Gasteiger partial charge in [0, 0.05) is 42.7 Å². The monoisotopic (exact) mass is 464 g/mol. The van der Waals surface area contributed by atoms with E-state index in [1.807, 2.05) is 13.0 Å². The van der Waals surface area contributed by atoms with Crippen LogP contribution in [-0.4, -0.2) is 58.9 Å². The van der Waals surface area contributed by atoms with Crippen molar-refractivity contribution in [2.75, 3.05) is 37.0 Å². The summed E-state index contributed by atoms with van der Waals surface area (Å²) in [5.41, 5.74) is 7.85. The van der Waals surface area contributed by atoms with Crippen LogP contribution in [0.2, 0.25) is 5.02 Å². The zero-order valence-corrected chi connectivity index (χ0v) is 19.6. The molecular formula is C21H29ClN6O2S. The van der Waals surface area contributed by atoms with Gasteiger partial charge in [-0.1, -0.05) is 23.4 Å². The van der Waals surface area contributed by atoms with Gasteiger partial charge in [0.2, 0.25) is 0 Å². The number of rotatable bonds is 5. The molecule has 4 rings (SSSR count). The zero-order chi connectivity index (χ0) is 22.2. The third-order valence-electron chi connectivity index (χ3n) is 6.43. The predicted octanol–water partition coefficient (Wildman–Crippen LogP) is 2.85. The molecule has 4 heterocycles. The smallest absolute Gasteiger partial charge is 0.153 e. The quantitative estimate of drug-likeness (QED) is 0.615. The maximum atomic E-state index is 10.0. The molecule has 0 aliphatic carbocycles. The predicted molar refractivity (Wildman–Crippen MR) is 123 cm³/mol. The molecule has 0 aromatic carbocycles. The van der Waals surface area contributed by atoms with E-state index in [0.29, 0.717) is 16.5 Å². The highest BCUT2D eigenvalue weighted by atomic mass is 35.5. The first-order valence-corrected chi connectivity index (χ1v) is 11.7. The average molecular weight is 465 g/mol. The van der Waals surface area contributed by atoms with E-state index in [0.717, 1.165) is 54.0 Å². The first kappa shape index (κ1) is 22.5. The van der Waals surface area contributed by atoms with Crippen LogP contribution >= 0.6 is 23.4 Å². The van der Waals surface area contributed by atoms with Crippen LogP contribution in [0.1, 0.15) is 31.2 Å². The van der Waals surface area contributed by atoms with Crippen molar-refractivity contribution >= 4 is 35.0 Å². The molecule has 2 atom stereocenters. The van der Waals surface area contributed by atoms with E-state index in [1.165, 1.54) is 11.8 Å². The molecule has 0 amide bonds. The van der Waals surface area contributed by atoms with Crippen molar-refractivity contribution in [1.82, 2.24) is 15.0 Å². The third-order valence-corrected chi connectivity index (χ3v) is 8.06. The number of aromatic nitrogens is 3. The lowest BCUT2D eigenvalue weighted by Crippen LogP contribution is -2.51. The van der Waals surface area contributed by atoms with Crippen LogP contribution in [0.5, 0.6) is 0 Å². The molecule has 2 aliphatic heterocycles. The van der Waals surface area contributed by atoms with Crippen molar-refractivity contribution < 1.29 is 9.84 Å². The minimum Gasteiger partial charge on any atom is -0.390 e. The van der Waals surface area contributed by atoms with Gasteiger partial charge in [-0.15, -0.1) is 0 Å². The Bertz CT molecular complexity index is 954. The summed E-state index contributed by atoms with van der Waals surface area (Å²) in [6.45, 7) is 6.16. The molecule has 2 aromatic heterocycles. The molecule has 8 nitrogen and oxygen atoms in total. The summed E-state index contributed by atoms with van der Waals surface area (Å²) < 4.78 is 5.83. The molecule has 0 saturated carbocycles. The number of piperidine rings is 1. The van der Waals surface area contributed by atoms with Crippen LogP contribution in [-0.2, 0) is 11.3 Å². The number of anilines is 2. The van der Waals surface area contributed by atoms with E-state index < -0.39 is 0 Å². The summed E-state index contributed by atoms with van der Waals surface area (Å²) in [5.74, 6) is 1.36. The summed E-state index contributed by atoms with van der Waals surface area (Å²) in [4.78, 5) is 16.8. The van der Waals surface area contributed by atoms with Crippen LogP contribution in [0.3, 0.4) is 0 Å². The Kier molecular flexibility index (Phi) is 6.60. The summed E-state index contributed by atoms with van der Waals surface area (Å²) in [5, 5.41) is 14.3. The Morgan fingerprint density at radius 3 is 2.74 bits per heavy atom. The molecule has 168 valence electrons. The number of pyridine rings is 1. The van der Waals surface area contributed by atoms with E-state index in [9.17, 15) is 5.11 Å². The van der Waals surface area contributed by atoms with Gasteiger partial charge in [-0.3, -0.25) is 0 Å². The van der Waals surface area contributed by atoms with Crippen LogP contribution in [0.25, 0.3) is 0 Å². The third kappa shape index (κ3) is 4.21. The van der Waals surface area contributed by atoms with Crippen molar-refractivity contribution in [2.45, 2.75) is 55.4 Å². The lowest BCUT2D eigenvalue weighted by molar-refractivity contribution is 0.0973. The Morgan fingerprint density at radius 1 is 1.39 bits per heavy atom. The maximum Gasteiger partial charge on any atom is 0.153 e. The number of nitrogens with zero attached hydrogens (tertiary/aromatic N) is 4. The molecule has 2 saturated heterocycles. The van der Waals surface area contributed by atoms with Crippen LogP contribution in [0, 0.1) is 12.3 Å². The molecule has 4 N–H and O–H groups in total. The minimum absolute atomic E-state index is 0.0384. The van der Waals surface area contributed by atoms with Crippen molar-refractivity contribution in [2.24, 2.45) is 11.1 Å². The van der Waals surface area contributed by atoms with E-state index in [4.69, 9.17) is 32.0 Å². The van der Waals surface area contributed by atoms with Gasteiger partial charge < -0.3 is 25.8 Å². The van der Waals surface area contributed by atoms with Crippen molar-refractivity contribution in [3.05, 3.63) is 28.7 Å². The Morgan fingerprint density at radius 2 is 2.13 bits per heavy atom. The second kappa shape index (κ2) is 9.07. The Labute approximate surface area is 191 Å². The lowest BCUT2D eigenvalue weighted by Gasteiger charge is -2.42. The Balaban J connectivity index is 1.55. The number of ether oxygens (including phenoxy) is 1. The summed E-state index contributed by atoms with van der Waals surface area (Å²) in [6, 6.07) is 1.91. The highest BCUT2D eigenvalue weighted by Crippen LogP contribution is 2.42. The lowest BCUT2D eigenvalue weighted by atomic mass is 9.73. The van der Waals surface area contributed by atoms with Crippen LogP contribution < -0.4 is 16.0 Å². The second-order valence-electron chi connectivity index (χ2n) is 8.26. The van der Waals surface area contributed by atoms with Crippen molar-refractivity contribution in [3.63, 3.8) is 0 Å². The topological polar surface area (TPSA) is 109 Å². The fourth-order valence-corrected chi connectivity index (χ4v) is 5.60. The molecular weight excluding hydrogens is 436 g/mol. The molecule has 2 aromatic rings. The SMILES string of the molecule is CNc1nccc(Sc2nc(CO)c(N3CCC4(CC3)CO[C@@H](C)[C@H]4N)nc2C)c1Cl. The molecule has 1 spiro atoms. The molecule has 10 heteroatoms. The fraction of sp³-hybridized carbons (Fsp3) is 0.571. The highest BCUT2D eigenvalue weighted by Gasteiger charge is 2.47. The van der Waals surface area contributed by atoms with E-state index in [1.54, 1.807) is 13.2 Å². The number of nitrogens with one attached hydrogen (secondary N) is 1. The summed E-state index contributed by atoms with van der Waals surface area (Å²) in [7, 11) is 1.78. The Hall–Kier alpha value is -1.65. The van der Waals surface area contributed by atoms with Gasteiger partial charge in [-0.05, 0) is 32.8 Å². The number of hydrogen-bond acceptors (Lipinski definition) is 9. The van der Waals surface area contributed by atoms with Gasteiger partial charge in [0.05, 0.1) is 30.0 Å². The largest absolute Gasteiger partial charge is 0.390 e. The normalized spacial score (nSPS) is 22.8. The van der Waals surface area contributed by atoms with Crippen molar-refractivity contribution in [3.8, 4) is 0 Å². The summed E-state index contributed by atoms with van der Waals surface area (Å²) in [6.07, 6.45) is 3.69. The van der Waals surface area contributed by atoms with Gasteiger partial charge in [0.25, 0.3) is 0 Å². The highest BCUT2D eigenvalue weighted by molar-refractivity contribution is 7.99. The number of nitrogens with two attached hydrogens (primary N) is 1. The number of aliphatic hydroxyl groups excluding tert-OH is 1. The average Bonchev–Trinajstić information content (AvgIpc) is 3.05. The molecule has 2 aliphatic rings. The standard InChI is InChI=1S/C21H29ClN6O2S/c1-12-20(31-15-4-7-25-18(24-3)16(15)22)27-14(10-29)19(26-12)28-8-5-21(6-9-28)11-30-13(2)17(21)23/h4,7,13,17,29H,5-6,8-11,23H2,1-3H3,(H,24,25)/t13-,17+/m0/s1.